The van der Waals surface area contributed by atoms with Gasteiger partial charge in [-0.2, -0.15) is 0 Å². The Labute approximate surface area is 108 Å². The average molecular weight is 272 g/mol. The van der Waals surface area contributed by atoms with Crippen molar-refractivity contribution in [3.8, 4) is 0 Å². The van der Waals surface area contributed by atoms with Crippen LogP contribution in [0.1, 0.15) is 6.42 Å². The van der Waals surface area contributed by atoms with E-state index in [1.54, 1.807) is 0 Å². The van der Waals surface area contributed by atoms with Gasteiger partial charge in [0, 0.05) is 24.6 Å². The maximum absolute atomic E-state index is 13.0. The molecule has 1 fully saturated rings. The van der Waals surface area contributed by atoms with E-state index in [-0.39, 0.29) is 35.6 Å². The molecule has 0 aliphatic carbocycles. The number of anilines is 1. The molecule has 1 saturated heterocycles. The van der Waals surface area contributed by atoms with Gasteiger partial charge in [-0.1, -0.05) is 16.8 Å². The molecule has 3 N–H and O–H groups in total. The summed E-state index contributed by atoms with van der Waals surface area (Å²) in [7, 11) is 0. The number of halogens is 2. The maximum atomic E-state index is 13.0. The first-order valence-electron chi connectivity index (χ1n) is 5.25. The molecule has 1 aliphatic rings. The molecule has 2 rings (SSSR count). The van der Waals surface area contributed by atoms with E-state index < -0.39 is 5.82 Å². The lowest BCUT2D eigenvalue weighted by Gasteiger charge is -2.16. The Morgan fingerprint density at radius 3 is 2.94 bits per heavy atom. The molecular formula is C11H11ClFN3O2. The Balaban J connectivity index is 2.24. The summed E-state index contributed by atoms with van der Waals surface area (Å²) >= 11 is 5.66. The van der Waals surface area contributed by atoms with E-state index in [9.17, 15) is 9.18 Å². The number of carbonyl (C=O) groups excluding carboxylic acids is 1. The van der Waals surface area contributed by atoms with Crippen molar-refractivity contribution in [2.75, 3.05) is 11.4 Å². The van der Waals surface area contributed by atoms with Crippen molar-refractivity contribution in [2.24, 2.45) is 16.8 Å². The molecule has 0 aromatic heterocycles. The fourth-order valence-corrected chi connectivity index (χ4v) is 2.06. The summed E-state index contributed by atoms with van der Waals surface area (Å²) in [5.41, 5.74) is 5.97. The molecular weight excluding hydrogens is 261 g/mol. The summed E-state index contributed by atoms with van der Waals surface area (Å²) in [6.45, 7) is 0.288. The van der Waals surface area contributed by atoms with Gasteiger partial charge in [0.25, 0.3) is 0 Å². The zero-order chi connectivity index (χ0) is 13.3. The first-order chi connectivity index (χ1) is 8.52. The lowest BCUT2D eigenvalue weighted by atomic mass is 10.1. The molecule has 18 heavy (non-hydrogen) atoms. The van der Waals surface area contributed by atoms with E-state index >= 15 is 0 Å². The van der Waals surface area contributed by atoms with Crippen LogP contribution in [0.5, 0.6) is 0 Å². The molecule has 0 spiro atoms. The van der Waals surface area contributed by atoms with Gasteiger partial charge < -0.3 is 15.8 Å². The van der Waals surface area contributed by atoms with Gasteiger partial charge in [0.05, 0.1) is 5.02 Å². The number of hydrogen-bond acceptors (Lipinski definition) is 3. The number of hydrogen-bond donors (Lipinski definition) is 2. The molecule has 1 atom stereocenters. The third kappa shape index (κ3) is 2.24. The van der Waals surface area contributed by atoms with E-state index in [4.69, 9.17) is 22.5 Å². The molecule has 0 bridgehead atoms. The van der Waals surface area contributed by atoms with Gasteiger partial charge in [0.2, 0.25) is 5.91 Å². The molecule has 1 aliphatic heterocycles. The summed E-state index contributed by atoms with van der Waals surface area (Å²) in [6, 6.07) is 4.04. The van der Waals surface area contributed by atoms with Crippen LogP contribution in [0.15, 0.2) is 23.4 Å². The van der Waals surface area contributed by atoms with Crippen molar-refractivity contribution in [3.63, 3.8) is 0 Å². The minimum Gasteiger partial charge on any atom is -0.409 e. The van der Waals surface area contributed by atoms with Crippen molar-refractivity contribution in [3.05, 3.63) is 29.0 Å². The van der Waals surface area contributed by atoms with E-state index in [2.05, 4.69) is 5.16 Å². The van der Waals surface area contributed by atoms with Crippen LogP contribution in [0, 0.1) is 11.7 Å². The van der Waals surface area contributed by atoms with Gasteiger partial charge >= 0.3 is 0 Å². The second-order valence-corrected chi connectivity index (χ2v) is 4.44. The Morgan fingerprint density at radius 2 is 2.33 bits per heavy atom. The molecule has 0 radical (unpaired) electrons. The van der Waals surface area contributed by atoms with Crippen LogP contribution in [0.2, 0.25) is 5.02 Å². The third-order valence-corrected chi connectivity index (χ3v) is 3.16. The monoisotopic (exact) mass is 271 g/mol. The van der Waals surface area contributed by atoms with Crippen LogP contribution in [-0.2, 0) is 4.79 Å². The number of amidine groups is 1. The predicted octanol–water partition coefficient (Wildman–Crippen LogP) is 1.58. The Bertz CT molecular complexity index is 521. The fraction of sp³-hybridized carbons (Fsp3) is 0.273. The summed E-state index contributed by atoms with van der Waals surface area (Å²) < 4.78 is 13.0. The van der Waals surface area contributed by atoms with Crippen LogP contribution < -0.4 is 10.6 Å². The number of benzene rings is 1. The summed E-state index contributed by atoms with van der Waals surface area (Å²) in [6.07, 6.45) is 0.158. The van der Waals surface area contributed by atoms with Gasteiger partial charge in [0.15, 0.2) is 0 Å². The van der Waals surface area contributed by atoms with Crippen LogP contribution in [0.4, 0.5) is 10.1 Å². The Hall–Kier alpha value is -1.82. The summed E-state index contributed by atoms with van der Waals surface area (Å²) in [4.78, 5) is 13.2. The van der Waals surface area contributed by atoms with Crippen LogP contribution in [0.3, 0.4) is 0 Å². The van der Waals surface area contributed by atoms with Crippen molar-refractivity contribution in [2.45, 2.75) is 6.42 Å². The molecule has 1 heterocycles. The number of nitrogens with two attached hydrogens (primary N) is 1. The highest BCUT2D eigenvalue weighted by Gasteiger charge is 2.33. The largest absolute Gasteiger partial charge is 0.409 e. The van der Waals surface area contributed by atoms with Gasteiger partial charge in [-0.05, 0) is 18.2 Å². The highest BCUT2D eigenvalue weighted by molar-refractivity contribution is 6.31. The molecule has 96 valence electrons. The van der Waals surface area contributed by atoms with Crippen LogP contribution in [-0.4, -0.2) is 23.5 Å². The zero-order valence-corrected chi connectivity index (χ0v) is 10.1. The first kappa shape index (κ1) is 12.6. The minimum absolute atomic E-state index is 0.0130. The Morgan fingerprint density at radius 1 is 1.61 bits per heavy atom. The van der Waals surface area contributed by atoms with E-state index in [0.717, 1.165) is 0 Å². The smallest absolute Gasteiger partial charge is 0.227 e. The molecule has 7 heteroatoms. The van der Waals surface area contributed by atoms with Gasteiger partial charge in [-0.3, -0.25) is 4.79 Å². The minimum atomic E-state index is -0.542. The van der Waals surface area contributed by atoms with Gasteiger partial charge in [0.1, 0.15) is 11.7 Å². The highest BCUT2D eigenvalue weighted by Crippen LogP contribution is 2.28. The van der Waals surface area contributed by atoms with Crippen LogP contribution >= 0.6 is 11.6 Å². The maximum Gasteiger partial charge on any atom is 0.227 e. The summed E-state index contributed by atoms with van der Waals surface area (Å²) in [5, 5.41) is 11.4. The molecule has 5 nitrogen and oxygen atoms in total. The van der Waals surface area contributed by atoms with Crippen molar-refractivity contribution in [1.82, 2.24) is 0 Å². The molecule has 1 aromatic carbocycles. The standard InChI is InChI=1S/C11H11ClFN3O2/c12-8-4-7(1-2-9(8)13)16-5-6(3-10(16)17)11(14)15-18/h1-2,4,6,18H,3,5H2,(H2,14,15)/t6-/m0/s1. The lowest BCUT2D eigenvalue weighted by molar-refractivity contribution is -0.117. The Kier molecular flexibility index (Phi) is 3.38. The molecule has 0 unspecified atom stereocenters. The van der Waals surface area contributed by atoms with Gasteiger partial charge in [-0.25, -0.2) is 4.39 Å². The van der Waals surface area contributed by atoms with E-state index in [1.807, 2.05) is 0 Å². The second kappa shape index (κ2) is 4.81. The topological polar surface area (TPSA) is 78.9 Å². The van der Waals surface area contributed by atoms with Gasteiger partial charge in [-0.15, -0.1) is 0 Å². The van der Waals surface area contributed by atoms with E-state index in [1.165, 1.54) is 23.1 Å². The second-order valence-electron chi connectivity index (χ2n) is 4.03. The molecule has 0 saturated carbocycles. The lowest BCUT2D eigenvalue weighted by Crippen LogP contribution is -2.28. The SMILES string of the molecule is N/C(=N/O)[C@H]1CC(=O)N(c2ccc(F)c(Cl)c2)C1. The third-order valence-electron chi connectivity index (χ3n) is 2.87. The summed E-state index contributed by atoms with van der Waals surface area (Å²) in [5.74, 6) is -1.04. The number of nitrogens with zero attached hydrogens (tertiary/aromatic N) is 2. The molecule has 1 aromatic rings. The normalized spacial score (nSPS) is 20.6. The molecule has 1 amide bonds. The quantitative estimate of drug-likeness (QED) is 0.371. The van der Waals surface area contributed by atoms with Crippen LogP contribution in [0.25, 0.3) is 0 Å². The highest BCUT2D eigenvalue weighted by atomic mass is 35.5. The number of rotatable bonds is 2. The van der Waals surface area contributed by atoms with E-state index in [0.29, 0.717) is 5.69 Å². The predicted molar refractivity (Wildman–Crippen MR) is 65.3 cm³/mol. The van der Waals surface area contributed by atoms with Crippen molar-refractivity contribution in [1.29, 1.82) is 0 Å². The number of carbonyl (C=O) groups is 1. The first-order valence-corrected chi connectivity index (χ1v) is 5.63. The van der Waals surface area contributed by atoms with Crippen molar-refractivity contribution < 1.29 is 14.4 Å². The van der Waals surface area contributed by atoms with Crippen molar-refractivity contribution >= 4 is 29.0 Å². The fourth-order valence-electron chi connectivity index (χ4n) is 1.89. The number of oxime groups is 1. The number of amides is 1. The zero-order valence-electron chi connectivity index (χ0n) is 9.31. The average Bonchev–Trinajstić information content (AvgIpc) is 2.74.